The molecule has 20 heavy (non-hydrogen) atoms. The van der Waals surface area contributed by atoms with E-state index in [-0.39, 0.29) is 0 Å². The van der Waals surface area contributed by atoms with Gasteiger partial charge in [-0.3, -0.25) is 0 Å². The van der Waals surface area contributed by atoms with Crippen molar-refractivity contribution in [3.05, 3.63) is 35.4 Å². The van der Waals surface area contributed by atoms with Crippen molar-refractivity contribution >= 4 is 10.8 Å². The molecular formula is C17H21NO2. The molecule has 106 valence electrons. The second kappa shape index (κ2) is 5.33. The van der Waals surface area contributed by atoms with Crippen molar-refractivity contribution in [2.45, 2.75) is 25.2 Å². The number of methoxy groups -OCH3 is 2. The lowest BCUT2D eigenvalue weighted by Gasteiger charge is -2.28. The van der Waals surface area contributed by atoms with E-state index in [0.29, 0.717) is 12.5 Å². The Bertz CT molecular complexity index is 631. The largest absolute Gasteiger partial charge is 0.496 e. The van der Waals surface area contributed by atoms with Crippen LogP contribution in [0.1, 0.15) is 29.9 Å². The molecule has 2 aromatic carbocycles. The highest BCUT2D eigenvalue weighted by Gasteiger charge is 2.26. The van der Waals surface area contributed by atoms with Gasteiger partial charge in [0.2, 0.25) is 0 Å². The lowest BCUT2D eigenvalue weighted by atomic mass is 9.79. The van der Waals surface area contributed by atoms with E-state index in [4.69, 9.17) is 15.2 Å². The van der Waals surface area contributed by atoms with Gasteiger partial charge in [0.15, 0.2) is 0 Å². The standard InChI is InChI=1S/C17H21NO2/c1-19-14-7-4-11-5-8-15(20-2)17-12(9-10-18)3-6-13(14)16(11)17/h4-5,7-8,12H,3,6,9-10,18H2,1-2H3/t12-/m1/s1. The number of nitrogens with two attached hydrogens (primary N) is 1. The van der Waals surface area contributed by atoms with Crippen molar-refractivity contribution in [2.24, 2.45) is 5.73 Å². The van der Waals surface area contributed by atoms with Gasteiger partial charge in [-0.15, -0.1) is 0 Å². The Labute approximate surface area is 119 Å². The first-order valence-corrected chi connectivity index (χ1v) is 7.16. The maximum absolute atomic E-state index is 5.79. The van der Waals surface area contributed by atoms with Crippen molar-refractivity contribution in [1.29, 1.82) is 0 Å². The fourth-order valence-corrected chi connectivity index (χ4v) is 3.46. The van der Waals surface area contributed by atoms with Gasteiger partial charge in [-0.25, -0.2) is 0 Å². The lowest BCUT2D eigenvalue weighted by molar-refractivity contribution is 0.397. The summed E-state index contributed by atoms with van der Waals surface area (Å²) < 4.78 is 11.1. The number of benzene rings is 2. The highest BCUT2D eigenvalue weighted by molar-refractivity contribution is 5.93. The first kappa shape index (κ1) is 13.3. The minimum Gasteiger partial charge on any atom is -0.496 e. The molecule has 2 aromatic rings. The number of aryl methyl sites for hydroxylation is 1. The highest BCUT2D eigenvalue weighted by atomic mass is 16.5. The van der Waals surface area contributed by atoms with Crippen molar-refractivity contribution in [3.63, 3.8) is 0 Å². The quantitative estimate of drug-likeness (QED) is 0.928. The van der Waals surface area contributed by atoms with Crippen LogP contribution in [0.4, 0.5) is 0 Å². The average molecular weight is 271 g/mol. The molecule has 1 aliphatic carbocycles. The topological polar surface area (TPSA) is 44.5 Å². The van der Waals surface area contributed by atoms with E-state index in [0.717, 1.165) is 30.8 Å². The predicted molar refractivity (Wildman–Crippen MR) is 81.8 cm³/mol. The molecule has 0 amide bonds. The molecular weight excluding hydrogens is 250 g/mol. The third kappa shape index (κ3) is 1.93. The summed E-state index contributed by atoms with van der Waals surface area (Å²) in [6.07, 6.45) is 3.16. The molecule has 0 heterocycles. The summed E-state index contributed by atoms with van der Waals surface area (Å²) in [4.78, 5) is 0. The van der Waals surface area contributed by atoms with Crippen molar-refractivity contribution in [2.75, 3.05) is 20.8 Å². The molecule has 0 aromatic heterocycles. The third-order valence-corrected chi connectivity index (χ3v) is 4.36. The second-order valence-corrected chi connectivity index (χ2v) is 5.34. The molecule has 0 saturated heterocycles. The van der Waals surface area contributed by atoms with E-state index >= 15 is 0 Å². The van der Waals surface area contributed by atoms with Gasteiger partial charge in [0.05, 0.1) is 14.2 Å². The summed E-state index contributed by atoms with van der Waals surface area (Å²) in [6, 6.07) is 8.40. The van der Waals surface area contributed by atoms with Gasteiger partial charge in [0.1, 0.15) is 11.5 Å². The zero-order valence-corrected chi connectivity index (χ0v) is 12.1. The molecule has 0 saturated carbocycles. The first-order chi connectivity index (χ1) is 9.80. The fraction of sp³-hybridized carbons (Fsp3) is 0.412. The molecule has 3 rings (SSSR count). The van der Waals surface area contributed by atoms with Crippen molar-refractivity contribution < 1.29 is 9.47 Å². The van der Waals surface area contributed by atoms with Crippen LogP contribution in [0.25, 0.3) is 10.8 Å². The summed E-state index contributed by atoms with van der Waals surface area (Å²) in [5, 5.41) is 2.58. The van der Waals surface area contributed by atoms with E-state index in [1.807, 2.05) is 0 Å². The van der Waals surface area contributed by atoms with Gasteiger partial charge in [-0.05, 0) is 54.6 Å². The van der Waals surface area contributed by atoms with Gasteiger partial charge in [0, 0.05) is 11.1 Å². The Morgan fingerprint density at radius 1 is 1.10 bits per heavy atom. The Morgan fingerprint density at radius 3 is 2.45 bits per heavy atom. The van der Waals surface area contributed by atoms with Gasteiger partial charge >= 0.3 is 0 Å². The summed E-state index contributed by atoms with van der Waals surface area (Å²) >= 11 is 0. The number of hydrogen-bond acceptors (Lipinski definition) is 3. The fourth-order valence-electron chi connectivity index (χ4n) is 3.46. The van der Waals surface area contributed by atoms with Crippen molar-refractivity contribution in [3.8, 4) is 11.5 Å². The molecule has 1 aliphatic rings. The lowest BCUT2D eigenvalue weighted by Crippen LogP contribution is -2.14. The Morgan fingerprint density at radius 2 is 1.80 bits per heavy atom. The van der Waals surface area contributed by atoms with Crippen LogP contribution in [0.3, 0.4) is 0 Å². The first-order valence-electron chi connectivity index (χ1n) is 7.16. The smallest absolute Gasteiger partial charge is 0.122 e. The van der Waals surface area contributed by atoms with Gasteiger partial charge < -0.3 is 15.2 Å². The predicted octanol–water partition coefficient (Wildman–Crippen LogP) is 3.24. The van der Waals surface area contributed by atoms with E-state index in [9.17, 15) is 0 Å². The minimum atomic E-state index is 0.484. The van der Waals surface area contributed by atoms with Crippen LogP contribution in [0.2, 0.25) is 0 Å². The number of rotatable bonds is 4. The third-order valence-electron chi connectivity index (χ3n) is 4.36. The molecule has 3 heteroatoms. The maximum Gasteiger partial charge on any atom is 0.122 e. The molecule has 0 radical (unpaired) electrons. The van der Waals surface area contributed by atoms with E-state index < -0.39 is 0 Å². The average Bonchev–Trinajstić information content (AvgIpc) is 2.50. The molecule has 0 fully saturated rings. The van der Waals surface area contributed by atoms with E-state index in [1.165, 1.54) is 21.9 Å². The van der Waals surface area contributed by atoms with Gasteiger partial charge in [-0.2, -0.15) is 0 Å². The monoisotopic (exact) mass is 271 g/mol. The van der Waals surface area contributed by atoms with Crippen LogP contribution in [-0.4, -0.2) is 20.8 Å². The normalized spacial score (nSPS) is 17.2. The molecule has 1 atom stereocenters. The summed E-state index contributed by atoms with van der Waals surface area (Å²) in [5.74, 6) is 2.45. The molecule has 0 unspecified atom stereocenters. The SMILES string of the molecule is COc1ccc2ccc(OC)c3c2c1CC[C@@H]3CCN. The second-order valence-electron chi connectivity index (χ2n) is 5.34. The molecule has 0 bridgehead atoms. The van der Waals surface area contributed by atoms with E-state index in [2.05, 4.69) is 24.3 Å². The van der Waals surface area contributed by atoms with Crippen LogP contribution in [-0.2, 0) is 6.42 Å². The van der Waals surface area contributed by atoms with Gasteiger partial charge in [0.25, 0.3) is 0 Å². The maximum atomic E-state index is 5.79. The Hall–Kier alpha value is -1.74. The summed E-state index contributed by atoms with van der Waals surface area (Å²) in [5.41, 5.74) is 8.42. The molecule has 3 nitrogen and oxygen atoms in total. The molecule has 0 aliphatic heterocycles. The van der Waals surface area contributed by atoms with Crippen LogP contribution < -0.4 is 15.2 Å². The van der Waals surface area contributed by atoms with Crippen LogP contribution in [0.15, 0.2) is 24.3 Å². The van der Waals surface area contributed by atoms with Crippen LogP contribution >= 0.6 is 0 Å². The zero-order valence-electron chi connectivity index (χ0n) is 12.1. The Kier molecular flexibility index (Phi) is 3.53. The van der Waals surface area contributed by atoms with Crippen LogP contribution in [0.5, 0.6) is 11.5 Å². The molecule has 2 N–H and O–H groups in total. The van der Waals surface area contributed by atoms with Crippen LogP contribution in [0, 0.1) is 0 Å². The summed E-state index contributed by atoms with van der Waals surface area (Å²) in [6.45, 7) is 0.712. The number of hydrogen-bond donors (Lipinski definition) is 1. The highest BCUT2D eigenvalue weighted by Crippen LogP contribution is 2.45. The number of ether oxygens (including phenoxy) is 2. The summed E-state index contributed by atoms with van der Waals surface area (Å²) in [7, 11) is 3.48. The minimum absolute atomic E-state index is 0.484. The Balaban J connectivity index is 2.32. The van der Waals surface area contributed by atoms with E-state index in [1.54, 1.807) is 14.2 Å². The zero-order chi connectivity index (χ0) is 14.1. The molecule has 0 spiro atoms. The van der Waals surface area contributed by atoms with Crippen molar-refractivity contribution in [1.82, 2.24) is 0 Å². The van der Waals surface area contributed by atoms with Gasteiger partial charge in [-0.1, -0.05) is 12.1 Å².